The number of aromatic nitrogens is 1. The van der Waals surface area contributed by atoms with Crippen molar-refractivity contribution in [3.63, 3.8) is 0 Å². The number of pyridine rings is 1. The molecule has 1 saturated heterocycles. The van der Waals surface area contributed by atoms with Gasteiger partial charge in [-0.2, -0.15) is 0 Å². The summed E-state index contributed by atoms with van der Waals surface area (Å²) in [5, 5.41) is 2.69. The number of carbonyl (C=O) groups excluding carboxylic acids is 2. The van der Waals surface area contributed by atoms with Crippen LogP contribution in [0.5, 0.6) is 0 Å². The third kappa shape index (κ3) is 4.28. The topological polar surface area (TPSA) is 96.4 Å². The van der Waals surface area contributed by atoms with Crippen LogP contribution in [0.25, 0.3) is 0 Å². The van der Waals surface area contributed by atoms with E-state index < -0.39 is 15.7 Å². The lowest BCUT2D eigenvalue weighted by atomic mass is 10.1. The predicted octanol–water partition coefficient (Wildman–Crippen LogP) is 0.481. The van der Waals surface area contributed by atoms with Crippen LogP contribution in [0.4, 0.5) is 0 Å². The molecule has 8 heteroatoms. The van der Waals surface area contributed by atoms with Crippen LogP contribution in [-0.4, -0.2) is 60.8 Å². The van der Waals surface area contributed by atoms with Crippen molar-refractivity contribution in [2.75, 3.05) is 24.6 Å². The molecule has 23 heavy (non-hydrogen) atoms. The maximum absolute atomic E-state index is 12.3. The first-order valence-electron chi connectivity index (χ1n) is 7.62. The number of carbonyl (C=O) groups is 2. The van der Waals surface area contributed by atoms with E-state index in [1.807, 2.05) is 13.8 Å². The number of nitrogens with zero attached hydrogens (tertiary/aromatic N) is 2. The molecule has 0 spiro atoms. The highest BCUT2D eigenvalue weighted by molar-refractivity contribution is 7.91. The normalized spacial score (nSPS) is 19.3. The van der Waals surface area contributed by atoms with Crippen LogP contribution in [0.3, 0.4) is 0 Å². The molecule has 0 aromatic carbocycles. The molecule has 2 heterocycles. The van der Waals surface area contributed by atoms with Gasteiger partial charge in [-0.25, -0.2) is 8.42 Å². The van der Waals surface area contributed by atoms with Crippen LogP contribution in [-0.2, 0) is 9.84 Å². The van der Waals surface area contributed by atoms with Gasteiger partial charge in [-0.3, -0.25) is 14.6 Å². The van der Waals surface area contributed by atoms with E-state index in [4.69, 9.17) is 0 Å². The Morgan fingerprint density at radius 1 is 1.26 bits per heavy atom. The van der Waals surface area contributed by atoms with E-state index in [1.54, 1.807) is 4.90 Å². The molecule has 1 fully saturated rings. The van der Waals surface area contributed by atoms with Crippen LogP contribution in [0, 0.1) is 0 Å². The van der Waals surface area contributed by atoms with Gasteiger partial charge < -0.3 is 10.2 Å². The minimum absolute atomic E-state index is 0.0375. The molecule has 2 rings (SSSR count). The lowest BCUT2D eigenvalue weighted by Crippen LogP contribution is -2.36. The Labute approximate surface area is 136 Å². The standard InChI is InChI=1S/C15H21N3O4S/c1-3-18(4-2)15(20)12-7-11(8-16-9-12)14(19)17-13-5-6-23(21,22)10-13/h7-9,13H,3-6,10H2,1-2H3,(H,17,19). The van der Waals surface area contributed by atoms with E-state index in [0.29, 0.717) is 25.1 Å². The van der Waals surface area contributed by atoms with Crippen molar-refractivity contribution in [1.82, 2.24) is 15.2 Å². The second-order valence-corrected chi connectivity index (χ2v) is 7.74. The van der Waals surface area contributed by atoms with Gasteiger partial charge in [0.15, 0.2) is 9.84 Å². The molecule has 1 unspecified atom stereocenters. The maximum Gasteiger partial charge on any atom is 0.255 e. The number of hydrogen-bond donors (Lipinski definition) is 1. The molecular weight excluding hydrogens is 318 g/mol. The first-order valence-corrected chi connectivity index (χ1v) is 9.44. The van der Waals surface area contributed by atoms with Gasteiger partial charge in [0.25, 0.3) is 11.8 Å². The zero-order valence-electron chi connectivity index (χ0n) is 13.3. The second-order valence-electron chi connectivity index (χ2n) is 5.51. The zero-order valence-corrected chi connectivity index (χ0v) is 14.1. The molecule has 2 amide bonds. The SMILES string of the molecule is CCN(CC)C(=O)c1cncc(C(=O)NC2CCS(=O)(=O)C2)c1. The smallest absolute Gasteiger partial charge is 0.255 e. The first kappa shape index (κ1) is 17.4. The third-order valence-electron chi connectivity index (χ3n) is 3.87. The second kappa shape index (κ2) is 7.08. The van der Waals surface area contributed by atoms with Gasteiger partial charge >= 0.3 is 0 Å². The van der Waals surface area contributed by atoms with E-state index in [-0.39, 0.29) is 29.0 Å². The van der Waals surface area contributed by atoms with Gasteiger partial charge in [-0.1, -0.05) is 0 Å². The number of nitrogens with one attached hydrogen (secondary N) is 1. The maximum atomic E-state index is 12.3. The summed E-state index contributed by atoms with van der Waals surface area (Å²) in [6, 6.07) is 1.11. The molecule has 1 aliphatic rings. The molecule has 0 saturated carbocycles. The monoisotopic (exact) mass is 339 g/mol. The highest BCUT2D eigenvalue weighted by atomic mass is 32.2. The van der Waals surface area contributed by atoms with Gasteiger partial charge in [-0.15, -0.1) is 0 Å². The fourth-order valence-corrected chi connectivity index (χ4v) is 4.23. The molecule has 0 aliphatic carbocycles. The molecule has 7 nitrogen and oxygen atoms in total. The minimum atomic E-state index is -3.05. The van der Waals surface area contributed by atoms with E-state index in [2.05, 4.69) is 10.3 Å². The summed E-state index contributed by atoms with van der Waals surface area (Å²) in [7, 11) is -3.05. The fourth-order valence-electron chi connectivity index (χ4n) is 2.55. The van der Waals surface area contributed by atoms with E-state index in [9.17, 15) is 18.0 Å². The van der Waals surface area contributed by atoms with Crippen LogP contribution in [0.1, 0.15) is 41.0 Å². The average molecular weight is 339 g/mol. The van der Waals surface area contributed by atoms with Gasteiger partial charge in [0, 0.05) is 31.5 Å². The predicted molar refractivity (Wildman–Crippen MR) is 86.0 cm³/mol. The third-order valence-corrected chi connectivity index (χ3v) is 5.63. The quantitative estimate of drug-likeness (QED) is 0.842. The van der Waals surface area contributed by atoms with Crippen molar-refractivity contribution in [2.24, 2.45) is 0 Å². The van der Waals surface area contributed by atoms with Crippen LogP contribution in [0.2, 0.25) is 0 Å². The van der Waals surface area contributed by atoms with Crippen LogP contribution >= 0.6 is 0 Å². The average Bonchev–Trinajstić information content (AvgIpc) is 2.87. The minimum Gasteiger partial charge on any atom is -0.348 e. The lowest BCUT2D eigenvalue weighted by molar-refractivity contribution is 0.0772. The number of rotatable bonds is 5. The molecule has 126 valence electrons. The summed E-state index contributed by atoms with van der Waals surface area (Å²) < 4.78 is 22.9. The number of amides is 2. The summed E-state index contributed by atoms with van der Waals surface area (Å²) in [6.45, 7) is 4.91. The van der Waals surface area contributed by atoms with Crippen LogP contribution in [0.15, 0.2) is 18.5 Å². The summed E-state index contributed by atoms with van der Waals surface area (Å²) in [5.41, 5.74) is 0.604. The van der Waals surface area contributed by atoms with Gasteiger partial charge in [0.2, 0.25) is 0 Å². The Balaban J connectivity index is 2.10. The Morgan fingerprint density at radius 2 is 1.91 bits per heavy atom. The van der Waals surface area contributed by atoms with Gasteiger partial charge in [-0.05, 0) is 26.3 Å². The zero-order chi connectivity index (χ0) is 17.0. The number of hydrogen-bond acceptors (Lipinski definition) is 5. The highest BCUT2D eigenvalue weighted by Gasteiger charge is 2.29. The lowest BCUT2D eigenvalue weighted by Gasteiger charge is -2.18. The van der Waals surface area contributed by atoms with E-state index in [0.717, 1.165) is 0 Å². The Morgan fingerprint density at radius 3 is 2.48 bits per heavy atom. The van der Waals surface area contributed by atoms with E-state index in [1.165, 1.54) is 18.5 Å². The molecule has 0 bridgehead atoms. The van der Waals surface area contributed by atoms with E-state index >= 15 is 0 Å². The van der Waals surface area contributed by atoms with Crippen molar-refractivity contribution >= 4 is 21.7 Å². The van der Waals surface area contributed by atoms with Crippen molar-refractivity contribution in [1.29, 1.82) is 0 Å². The Hall–Kier alpha value is -1.96. The molecule has 1 aromatic rings. The highest BCUT2D eigenvalue weighted by Crippen LogP contribution is 2.13. The van der Waals surface area contributed by atoms with Crippen molar-refractivity contribution < 1.29 is 18.0 Å². The van der Waals surface area contributed by atoms with Gasteiger partial charge in [0.05, 0.1) is 22.6 Å². The van der Waals surface area contributed by atoms with Crippen molar-refractivity contribution in [3.8, 4) is 0 Å². The molecule has 1 aromatic heterocycles. The molecule has 0 radical (unpaired) electrons. The van der Waals surface area contributed by atoms with Crippen molar-refractivity contribution in [2.45, 2.75) is 26.3 Å². The Bertz CT molecular complexity index is 698. The Kier molecular flexibility index (Phi) is 5.35. The van der Waals surface area contributed by atoms with Gasteiger partial charge in [0.1, 0.15) is 0 Å². The molecule has 1 atom stereocenters. The molecule has 1 aliphatic heterocycles. The number of sulfone groups is 1. The van der Waals surface area contributed by atoms with Crippen LogP contribution < -0.4 is 5.32 Å². The molecule has 1 N–H and O–H groups in total. The first-order chi connectivity index (χ1) is 10.9. The summed E-state index contributed by atoms with van der Waals surface area (Å²) in [5.74, 6) is -0.532. The summed E-state index contributed by atoms with van der Waals surface area (Å²) >= 11 is 0. The van der Waals surface area contributed by atoms with Crippen molar-refractivity contribution in [3.05, 3.63) is 29.6 Å². The molecular formula is C15H21N3O4S. The largest absolute Gasteiger partial charge is 0.348 e. The summed E-state index contributed by atoms with van der Waals surface area (Å²) in [4.78, 5) is 30.1. The summed E-state index contributed by atoms with van der Waals surface area (Å²) in [6.07, 6.45) is 3.22. The fraction of sp³-hybridized carbons (Fsp3) is 0.533.